The summed E-state index contributed by atoms with van der Waals surface area (Å²) < 4.78 is 12.9. The molecule has 0 bridgehead atoms. The molecule has 3 N–H and O–H groups in total. The molecule has 0 fully saturated rings. The Morgan fingerprint density at radius 1 is 1.41 bits per heavy atom. The smallest absolute Gasteiger partial charge is 0.123 e. The van der Waals surface area contributed by atoms with Crippen molar-refractivity contribution in [3.8, 4) is 0 Å². The van der Waals surface area contributed by atoms with Gasteiger partial charge in [-0.1, -0.05) is 26.3 Å². The fourth-order valence-electron chi connectivity index (χ4n) is 1.79. The molecule has 0 saturated carbocycles. The van der Waals surface area contributed by atoms with E-state index in [1.165, 1.54) is 12.1 Å². The SMILES string of the molecule is CCC(C)[C@H](O)[C@H](N)c1ccc(F)cc1C.Cl. The second kappa shape index (κ2) is 6.94. The summed E-state index contributed by atoms with van der Waals surface area (Å²) in [7, 11) is 0. The van der Waals surface area contributed by atoms with E-state index in [-0.39, 0.29) is 24.1 Å². The highest BCUT2D eigenvalue weighted by Crippen LogP contribution is 2.24. The van der Waals surface area contributed by atoms with Gasteiger partial charge in [-0.25, -0.2) is 4.39 Å². The van der Waals surface area contributed by atoms with Crippen LogP contribution < -0.4 is 5.73 Å². The lowest BCUT2D eigenvalue weighted by molar-refractivity contribution is 0.0877. The standard InChI is InChI=1S/C13H20FNO.ClH/c1-4-8(2)13(16)12(15)11-6-5-10(14)7-9(11)3;/h5-8,12-13,16H,4,15H2,1-3H3;1H/t8?,12-,13+;/m1./s1. The van der Waals surface area contributed by atoms with Crippen LogP contribution in [0.15, 0.2) is 18.2 Å². The average Bonchev–Trinajstić information content (AvgIpc) is 2.26. The number of aryl methyl sites for hydroxylation is 1. The van der Waals surface area contributed by atoms with Gasteiger partial charge in [-0.3, -0.25) is 0 Å². The zero-order valence-corrected chi connectivity index (χ0v) is 11.3. The molecule has 1 unspecified atom stereocenters. The van der Waals surface area contributed by atoms with Gasteiger partial charge < -0.3 is 10.8 Å². The van der Waals surface area contributed by atoms with E-state index >= 15 is 0 Å². The molecule has 0 aromatic heterocycles. The molecular formula is C13H21ClFNO. The Hall–Kier alpha value is -0.640. The monoisotopic (exact) mass is 261 g/mol. The van der Waals surface area contributed by atoms with Crippen LogP contribution in [-0.4, -0.2) is 11.2 Å². The van der Waals surface area contributed by atoms with Gasteiger partial charge >= 0.3 is 0 Å². The average molecular weight is 262 g/mol. The Kier molecular flexibility index (Phi) is 6.68. The Morgan fingerprint density at radius 2 is 2.00 bits per heavy atom. The van der Waals surface area contributed by atoms with Crippen LogP contribution in [0.25, 0.3) is 0 Å². The largest absolute Gasteiger partial charge is 0.391 e. The Morgan fingerprint density at radius 3 is 2.47 bits per heavy atom. The maximum atomic E-state index is 12.9. The number of benzene rings is 1. The van der Waals surface area contributed by atoms with Crippen LogP contribution in [0.4, 0.5) is 4.39 Å². The predicted octanol–water partition coefficient (Wildman–Crippen LogP) is 2.96. The highest BCUT2D eigenvalue weighted by molar-refractivity contribution is 5.85. The number of aliphatic hydroxyl groups is 1. The van der Waals surface area contributed by atoms with Crippen molar-refractivity contribution in [2.75, 3.05) is 0 Å². The Bertz CT molecular complexity index is 359. The van der Waals surface area contributed by atoms with Crippen LogP contribution >= 0.6 is 12.4 Å². The zero-order valence-electron chi connectivity index (χ0n) is 10.5. The third-order valence-corrected chi connectivity index (χ3v) is 3.19. The molecule has 0 aliphatic carbocycles. The van der Waals surface area contributed by atoms with E-state index < -0.39 is 12.1 Å². The van der Waals surface area contributed by atoms with E-state index in [0.717, 1.165) is 17.5 Å². The number of nitrogens with two attached hydrogens (primary N) is 1. The highest BCUT2D eigenvalue weighted by Gasteiger charge is 2.23. The van der Waals surface area contributed by atoms with Gasteiger partial charge in [0.15, 0.2) is 0 Å². The summed E-state index contributed by atoms with van der Waals surface area (Å²) in [5, 5.41) is 10.0. The molecule has 4 heteroatoms. The first-order valence-electron chi connectivity index (χ1n) is 5.67. The third kappa shape index (κ3) is 3.95. The summed E-state index contributed by atoms with van der Waals surface area (Å²) in [6.07, 6.45) is 0.281. The number of halogens is 2. The van der Waals surface area contributed by atoms with Crippen molar-refractivity contribution in [1.29, 1.82) is 0 Å². The molecule has 0 saturated heterocycles. The van der Waals surface area contributed by atoms with Crippen molar-refractivity contribution in [2.45, 2.75) is 39.3 Å². The lowest BCUT2D eigenvalue weighted by Crippen LogP contribution is -2.32. The van der Waals surface area contributed by atoms with Gasteiger partial charge in [0.05, 0.1) is 12.1 Å². The quantitative estimate of drug-likeness (QED) is 0.875. The summed E-state index contributed by atoms with van der Waals surface area (Å²) in [5.74, 6) is -0.133. The second-order valence-electron chi connectivity index (χ2n) is 4.40. The van der Waals surface area contributed by atoms with Gasteiger partial charge in [-0.15, -0.1) is 12.4 Å². The topological polar surface area (TPSA) is 46.2 Å². The van der Waals surface area contributed by atoms with Crippen molar-refractivity contribution in [2.24, 2.45) is 11.7 Å². The first kappa shape index (κ1) is 16.4. The Labute approximate surface area is 108 Å². The molecular weight excluding hydrogens is 241 g/mol. The van der Waals surface area contributed by atoms with Gasteiger partial charge in [-0.05, 0) is 36.1 Å². The third-order valence-electron chi connectivity index (χ3n) is 3.19. The molecule has 0 heterocycles. The van der Waals surface area contributed by atoms with E-state index in [0.29, 0.717) is 0 Å². The van der Waals surface area contributed by atoms with Crippen LogP contribution in [-0.2, 0) is 0 Å². The molecule has 0 aliphatic rings. The van der Waals surface area contributed by atoms with Gasteiger partial charge in [0, 0.05) is 0 Å². The predicted molar refractivity (Wildman–Crippen MR) is 70.8 cm³/mol. The number of hydrogen-bond acceptors (Lipinski definition) is 2. The summed E-state index contributed by atoms with van der Waals surface area (Å²) >= 11 is 0. The normalized spacial score (nSPS) is 15.9. The fraction of sp³-hybridized carbons (Fsp3) is 0.538. The Balaban J connectivity index is 0.00000256. The van der Waals surface area contributed by atoms with Gasteiger partial charge in [0.25, 0.3) is 0 Å². The maximum Gasteiger partial charge on any atom is 0.123 e. The molecule has 0 spiro atoms. The minimum absolute atomic E-state index is 0. The number of hydrogen-bond donors (Lipinski definition) is 2. The summed E-state index contributed by atoms with van der Waals surface area (Å²) in [6.45, 7) is 5.78. The molecule has 17 heavy (non-hydrogen) atoms. The summed E-state index contributed by atoms with van der Waals surface area (Å²) in [4.78, 5) is 0. The van der Waals surface area contributed by atoms with Crippen LogP contribution in [0.3, 0.4) is 0 Å². The first-order valence-corrected chi connectivity index (χ1v) is 5.67. The molecule has 1 aromatic carbocycles. The molecule has 1 aromatic rings. The van der Waals surface area contributed by atoms with Gasteiger partial charge in [0.1, 0.15) is 5.82 Å². The van der Waals surface area contributed by atoms with Crippen molar-refractivity contribution in [1.82, 2.24) is 0 Å². The maximum absolute atomic E-state index is 12.9. The van der Waals surface area contributed by atoms with Crippen LogP contribution in [0.2, 0.25) is 0 Å². The molecule has 0 aliphatic heterocycles. The highest BCUT2D eigenvalue weighted by atomic mass is 35.5. The van der Waals surface area contributed by atoms with E-state index in [1.54, 1.807) is 6.07 Å². The molecule has 3 atom stereocenters. The minimum atomic E-state index is -0.589. The second-order valence-corrected chi connectivity index (χ2v) is 4.40. The van der Waals surface area contributed by atoms with Crippen LogP contribution in [0.5, 0.6) is 0 Å². The lowest BCUT2D eigenvalue weighted by Gasteiger charge is -2.25. The van der Waals surface area contributed by atoms with Gasteiger partial charge in [-0.2, -0.15) is 0 Å². The molecule has 1 rings (SSSR count). The fourth-order valence-corrected chi connectivity index (χ4v) is 1.79. The number of aliphatic hydroxyl groups excluding tert-OH is 1. The van der Waals surface area contributed by atoms with Crippen LogP contribution in [0, 0.1) is 18.7 Å². The summed E-state index contributed by atoms with van der Waals surface area (Å²) in [6, 6.07) is 4.03. The van der Waals surface area contributed by atoms with E-state index in [1.807, 2.05) is 20.8 Å². The van der Waals surface area contributed by atoms with Crippen molar-refractivity contribution in [3.63, 3.8) is 0 Å². The van der Waals surface area contributed by atoms with Crippen molar-refractivity contribution in [3.05, 3.63) is 35.1 Å². The number of rotatable bonds is 4. The van der Waals surface area contributed by atoms with E-state index in [9.17, 15) is 9.50 Å². The minimum Gasteiger partial charge on any atom is -0.391 e. The van der Waals surface area contributed by atoms with E-state index in [2.05, 4.69) is 0 Å². The molecule has 0 amide bonds. The lowest BCUT2D eigenvalue weighted by atomic mass is 9.89. The van der Waals surface area contributed by atoms with Crippen molar-refractivity contribution >= 4 is 12.4 Å². The van der Waals surface area contributed by atoms with E-state index in [4.69, 9.17) is 5.73 Å². The van der Waals surface area contributed by atoms with Gasteiger partial charge in [0.2, 0.25) is 0 Å². The zero-order chi connectivity index (χ0) is 12.3. The molecule has 98 valence electrons. The summed E-state index contributed by atoms with van der Waals surface area (Å²) in [5.41, 5.74) is 7.59. The first-order chi connectivity index (χ1) is 7.47. The van der Waals surface area contributed by atoms with Crippen molar-refractivity contribution < 1.29 is 9.50 Å². The molecule has 0 radical (unpaired) electrons. The van der Waals surface area contributed by atoms with Crippen LogP contribution in [0.1, 0.15) is 37.4 Å². The molecule has 2 nitrogen and oxygen atoms in total.